The average Bonchev–Trinajstić information content (AvgIpc) is 2.91. The predicted octanol–water partition coefficient (Wildman–Crippen LogP) is 3.92. The van der Waals surface area contributed by atoms with E-state index < -0.39 is 23.4 Å². The summed E-state index contributed by atoms with van der Waals surface area (Å²) in [7, 11) is 0. The van der Waals surface area contributed by atoms with Gasteiger partial charge in [-0.3, -0.25) is 4.90 Å². The molecular weight excluding hydrogens is 279 g/mol. The summed E-state index contributed by atoms with van der Waals surface area (Å²) in [4.78, 5) is 2.20. The van der Waals surface area contributed by atoms with E-state index in [1.54, 1.807) is 6.92 Å². The zero-order chi connectivity index (χ0) is 15.8. The van der Waals surface area contributed by atoms with Gasteiger partial charge in [0.1, 0.15) is 0 Å². The van der Waals surface area contributed by atoms with Gasteiger partial charge < -0.3 is 5.11 Å². The maximum absolute atomic E-state index is 12.7. The average molecular weight is 301 g/mol. The molecule has 0 bridgehead atoms. The number of likely N-dealkylation sites (tertiary alicyclic amines) is 1. The highest BCUT2D eigenvalue weighted by Gasteiger charge is 2.38. The summed E-state index contributed by atoms with van der Waals surface area (Å²) in [5.74, 6) is 0. The molecule has 21 heavy (non-hydrogen) atoms. The Labute approximate surface area is 123 Å². The van der Waals surface area contributed by atoms with Crippen molar-refractivity contribution < 1.29 is 18.3 Å². The molecule has 1 aromatic carbocycles. The number of aliphatic hydroxyl groups excluding tert-OH is 1. The van der Waals surface area contributed by atoms with Crippen LogP contribution in [-0.2, 0) is 6.18 Å². The SMILES string of the molecule is Cc1cc(C(F)(F)F)ccc1C(O)C(C)(C)N1CCCC1. The van der Waals surface area contributed by atoms with Crippen molar-refractivity contribution in [3.63, 3.8) is 0 Å². The lowest BCUT2D eigenvalue weighted by molar-refractivity contribution is -0.137. The molecule has 2 rings (SSSR count). The van der Waals surface area contributed by atoms with Crippen LogP contribution in [0.5, 0.6) is 0 Å². The molecule has 0 spiro atoms. The number of hydrogen-bond donors (Lipinski definition) is 1. The Morgan fingerprint density at radius 3 is 2.19 bits per heavy atom. The molecule has 0 aliphatic carbocycles. The van der Waals surface area contributed by atoms with E-state index in [9.17, 15) is 18.3 Å². The molecule has 1 heterocycles. The normalized spacial score (nSPS) is 19.0. The van der Waals surface area contributed by atoms with E-state index in [1.165, 1.54) is 6.07 Å². The second-order valence-electron chi connectivity index (χ2n) is 6.32. The molecule has 5 heteroatoms. The minimum atomic E-state index is -4.35. The summed E-state index contributed by atoms with van der Waals surface area (Å²) >= 11 is 0. The van der Waals surface area contributed by atoms with Gasteiger partial charge >= 0.3 is 6.18 Å². The van der Waals surface area contributed by atoms with Crippen molar-refractivity contribution in [2.75, 3.05) is 13.1 Å². The molecule has 0 saturated carbocycles. The highest BCUT2D eigenvalue weighted by Crippen LogP contribution is 2.37. The third-order valence-corrected chi connectivity index (χ3v) is 4.48. The number of rotatable bonds is 3. The first-order valence-corrected chi connectivity index (χ1v) is 7.25. The minimum Gasteiger partial charge on any atom is -0.386 e. The Bertz CT molecular complexity index is 505. The van der Waals surface area contributed by atoms with Crippen LogP contribution in [0.1, 0.15) is 49.5 Å². The highest BCUT2D eigenvalue weighted by atomic mass is 19.4. The van der Waals surface area contributed by atoms with Crippen LogP contribution < -0.4 is 0 Å². The van der Waals surface area contributed by atoms with Crippen LogP contribution in [0.3, 0.4) is 0 Å². The molecule has 0 amide bonds. The second kappa shape index (κ2) is 5.61. The van der Waals surface area contributed by atoms with Crippen molar-refractivity contribution in [3.8, 4) is 0 Å². The smallest absolute Gasteiger partial charge is 0.386 e. The van der Waals surface area contributed by atoms with Crippen LogP contribution in [0.15, 0.2) is 18.2 Å². The molecule has 2 nitrogen and oxygen atoms in total. The van der Waals surface area contributed by atoms with E-state index in [4.69, 9.17) is 0 Å². The fourth-order valence-corrected chi connectivity index (χ4v) is 3.01. The van der Waals surface area contributed by atoms with Gasteiger partial charge in [0.15, 0.2) is 0 Å². The monoisotopic (exact) mass is 301 g/mol. The van der Waals surface area contributed by atoms with Crippen LogP contribution in [-0.4, -0.2) is 28.6 Å². The maximum Gasteiger partial charge on any atom is 0.416 e. The van der Waals surface area contributed by atoms with Crippen LogP contribution in [0.2, 0.25) is 0 Å². The molecule has 1 N–H and O–H groups in total. The Kier molecular flexibility index (Phi) is 4.36. The van der Waals surface area contributed by atoms with Crippen molar-refractivity contribution in [1.82, 2.24) is 4.90 Å². The molecular formula is C16H22F3NO. The number of hydrogen-bond acceptors (Lipinski definition) is 2. The number of alkyl halides is 3. The molecule has 1 unspecified atom stereocenters. The van der Waals surface area contributed by atoms with Gasteiger partial charge in [-0.2, -0.15) is 13.2 Å². The summed E-state index contributed by atoms with van der Waals surface area (Å²) in [6.07, 6.45) is -2.96. The van der Waals surface area contributed by atoms with Gasteiger partial charge in [0.05, 0.1) is 11.7 Å². The van der Waals surface area contributed by atoms with Gasteiger partial charge in [-0.1, -0.05) is 6.07 Å². The Hall–Kier alpha value is -1.07. The molecule has 1 fully saturated rings. The van der Waals surface area contributed by atoms with Crippen LogP contribution in [0.25, 0.3) is 0 Å². The van der Waals surface area contributed by atoms with Gasteiger partial charge in [0.25, 0.3) is 0 Å². The standard InChI is InChI=1S/C16H22F3NO/c1-11-10-12(16(17,18)19)6-7-13(11)14(21)15(2,3)20-8-4-5-9-20/h6-7,10,14,21H,4-5,8-9H2,1-3H3. The third kappa shape index (κ3) is 3.24. The molecule has 1 aliphatic rings. The van der Waals surface area contributed by atoms with Crippen molar-refractivity contribution >= 4 is 0 Å². The van der Waals surface area contributed by atoms with Gasteiger partial charge in [-0.15, -0.1) is 0 Å². The summed E-state index contributed by atoms with van der Waals surface area (Å²) in [5.41, 5.74) is -0.111. The second-order valence-corrected chi connectivity index (χ2v) is 6.32. The van der Waals surface area contributed by atoms with Crippen molar-refractivity contribution in [3.05, 3.63) is 34.9 Å². The van der Waals surface area contributed by atoms with E-state index in [1.807, 2.05) is 13.8 Å². The minimum absolute atomic E-state index is 0.476. The van der Waals surface area contributed by atoms with Crippen molar-refractivity contribution in [1.29, 1.82) is 0 Å². The van der Waals surface area contributed by atoms with E-state index in [0.717, 1.165) is 38.1 Å². The Morgan fingerprint density at radius 2 is 1.71 bits per heavy atom. The first-order chi connectivity index (χ1) is 9.64. The fourth-order valence-electron chi connectivity index (χ4n) is 3.01. The number of benzene rings is 1. The molecule has 1 atom stereocenters. The van der Waals surface area contributed by atoms with Crippen molar-refractivity contribution in [2.24, 2.45) is 0 Å². The highest BCUT2D eigenvalue weighted by molar-refractivity contribution is 5.35. The van der Waals surface area contributed by atoms with E-state index in [0.29, 0.717) is 11.1 Å². The molecule has 1 saturated heterocycles. The largest absolute Gasteiger partial charge is 0.416 e. The zero-order valence-corrected chi connectivity index (χ0v) is 12.7. The van der Waals surface area contributed by atoms with Gasteiger partial charge in [0.2, 0.25) is 0 Å². The lowest BCUT2D eigenvalue weighted by Gasteiger charge is -2.40. The quantitative estimate of drug-likeness (QED) is 0.914. The molecule has 118 valence electrons. The fraction of sp³-hybridized carbons (Fsp3) is 0.625. The van der Waals surface area contributed by atoms with Crippen LogP contribution in [0.4, 0.5) is 13.2 Å². The zero-order valence-electron chi connectivity index (χ0n) is 12.7. The van der Waals surface area contributed by atoms with E-state index >= 15 is 0 Å². The predicted molar refractivity (Wildman–Crippen MR) is 76.0 cm³/mol. The van der Waals surface area contributed by atoms with Crippen molar-refractivity contribution in [2.45, 2.75) is 51.4 Å². The molecule has 1 aromatic rings. The Balaban J connectivity index is 2.28. The lowest BCUT2D eigenvalue weighted by atomic mass is 9.87. The van der Waals surface area contributed by atoms with Crippen LogP contribution >= 0.6 is 0 Å². The summed E-state index contributed by atoms with van der Waals surface area (Å²) in [5, 5.41) is 10.7. The topological polar surface area (TPSA) is 23.5 Å². The van der Waals surface area contributed by atoms with E-state index in [-0.39, 0.29) is 0 Å². The Morgan fingerprint density at radius 1 is 1.14 bits per heavy atom. The first kappa shape index (κ1) is 16.3. The number of nitrogens with zero attached hydrogens (tertiary/aromatic N) is 1. The first-order valence-electron chi connectivity index (χ1n) is 7.25. The lowest BCUT2D eigenvalue weighted by Crippen LogP contribution is -2.47. The number of aliphatic hydroxyl groups is 1. The summed E-state index contributed by atoms with van der Waals surface area (Å²) in [6.45, 7) is 7.35. The van der Waals surface area contributed by atoms with Gasteiger partial charge in [0, 0.05) is 5.54 Å². The summed E-state index contributed by atoms with van der Waals surface area (Å²) in [6, 6.07) is 3.56. The molecule has 1 aliphatic heterocycles. The van der Waals surface area contributed by atoms with Crippen LogP contribution in [0, 0.1) is 6.92 Å². The maximum atomic E-state index is 12.7. The van der Waals surface area contributed by atoms with Gasteiger partial charge in [-0.05, 0) is 70.0 Å². The summed E-state index contributed by atoms with van der Waals surface area (Å²) < 4.78 is 38.1. The molecule has 0 aromatic heterocycles. The molecule has 0 radical (unpaired) electrons. The number of halogens is 3. The number of aryl methyl sites for hydroxylation is 1. The third-order valence-electron chi connectivity index (χ3n) is 4.48. The van der Waals surface area contributed by atoms with Gasteiger partial charge in [-0.25, -0.2) is 0 Å². The van der Waals surface area contributed by atoms with E-state index in [2.05, 4.69) is 4.90 Å².